The van der Waals surface area contributed by atoms with Crippen molar-refractivity contribution in [2.75, 3.05) is 0 Å². The molecule has 0 aromatic heterocycles. The summed E-state index contributed by atoms with van der Waals surface area (Å²) < 4.78 is 26.0. The normalized spacial score (nSPS) is 17.9. The third-order valence-electron chi connectivity index (χ3n) is 4.30. The summed E-state index contributed by atoms with van der Waals surface area (Å²) in [6, 6.07) is 16.9. The molecule has 2 aromatic rings. The Labute approximate surface area is 179 Å². The van der Waals surface area contributed by atoms with E-state index < -0.39 is 20.1 Å². The molecular formula is C21H22NO8P. The van der Waals surface area contributed by atoms with E-state index in [2.05, 4.69) is 4.74 Å². The van der Waals surface area contributed by atoms with E-state index in [4.69, 9.17) is 14.2 Å². The second-order valence-electron chi connectivity index (χ2n) is 6.73. The Bertz CT molecular complexity index is 947. The number of hydrogen-bond acceptors (Lipinski definition) is 7. The highest BCUT2D eigenvalue weighted by Gasteiger charge is 2.44. The standard InChI is InChI=1S/C12H11O4P.C9H11NO4/c13-17(14,15-11-7-3-1-4-8-11)16-12-9-5-2-6-10-12;1-5(11)14-9(13)7-3-2-6-4-8(12)10(6)7/h1-10H,(H,13,14);3,5-6,11H,2,4H2,1H3/t;5-,6?/m.1/s1. The number of rotatable bonds is 6. The number of amides is 1. The molecule has 31 heavy (non-hydrogen) atoms. The molecule has 0 bridgehead atoms. The van der Waals surface area contributed by atoms with Crippen LogP contribution in [0, 0.1) is 0 Å². The summed E-state index contributed by atoms with van der Waals surface area (Å²) in [6.45, 7) is 1.35. The van der Waals surface area contributed by atoms with E-state index in [9.17, 15) is 19.0 Å². The summed E-state index contributed by atoms with van der Waals surface area (Å²) in [7, 11) is -4.14. The lowest BCUT2D eigenvalue weighted by atomic mass is 10.0. The predicted octanol–water partition coefficient (Wildman–Crippen LogP) is 3.00. The van der Waals surface area contributed by atoms with Gasteiger partial charge in [-0.2, -0.15) is 0 Å². The minimum Gasteiger partial charge on any atom is -0.432 e. The molecule has 2 heterocycles. The van der Waals surface area contributed by atoms with Crippen molar-refractivity contribution in [3.63, 3.8) is 0 Å². The highest BCUT2D eigenvalue weighted by Crippen LogP contribution is 2.44. The molecule has 2 aromatic carbocycles. The molecule has 1 amide bonds. The van der Waals surface area contributed by atoms with Gasteiger partial charge in [0, 0.05) is 12.5 Å². The van der Waals surface area contributed by atoms with Crippen LogP contribution in [-0.2, 0) is 18.9 Å². The number of para-hydroxylation sites is 2. The Hall–Kier alpha value is -3.13. The van der Waals surface area contributed by atoms with Crippen LogP contribution in [0.15, 0.2) is 72.4 Å². The quantitative estimate of drug-likeness (QED) is 0.300. The first-order valence-electron chi connectivity index (χ1n) is 9.48. The van der Waals surface area contributed by atoms with Gasteiger partial charge in [-0.25, -0.2) is 9.36 Å². The van der Waals surface area contributed by atoms with Gasteiger partial charge in [-0.3, -0.25) is 9.69 Å². The number of hydrogen-bond donors (Lipinski definition) is 2. The van der Waals surface area contributed by atoms with Crippen LogP contribution in [0.4, 0.5) is 0 Å². The first-order chi connectivity index (χ1) is 14.7. The van der Waals surface area contributed by atoms with Gasteiger partial charge in [0.05, 0.1) is 0 Å². The SMILES string of the molecule is C[C@H](O)OC(=O)C1=CCC2CC(=O)N12.O=P(O)(Oc1ccccc1)Oc1ccccc1. The van der Waals surface area contributed by atoms with Gasteiger partial charge in [0.2, 0.25) is 5.91 Å². The summed E-state index contributed by atoms with van der Waals surface area (Å²) in [5.74, 6) is -0.111. The minimum atomic E-state index is -4.14. The predicted molar refractivity (Wildman–Crippen MR) is 110 cm³/mol. The van der Waals surface area contributed by atoms with E-state index in [1.54, 1.807) is 66.7 Å². The number of benzene rings is 2. The summed E-state index contributed by atoms with van der Waals surface area (Å²) in [5.41, 5.74) is 0.271. The molecule has 2 aliphatic rings. The largest absolute Gasteiger partial charge is 0.584 e. The Kier molecular flexibility index (Phi) is 7.12. The van der Waals surface area contributed by atoms with Gasteiger partial charge in [-0.15, -0.1) is 0 Å². The fraction of sp³-hybridized carbons (Fsp3) is 0.238. The van der Waals surface area contributed by atoms with Gasteiger partial charge in [-0.1, -0.05) is 42.5 Å². The lowest BCUT2D eigenvalue weighted by Crippen LogP contribution is -2.50. The van der Waals surface area contributed by atoms with Gasteiger partial charge < -0.3 is 23.8 Å². The molecule has 1 fully saturated rings. The van der Waals surface area contributed by atoms with E-state index in [-0.39, 0.29) is 29.1 Å². The molecule has 10 heteroatoms. The van der Waals surface area contributed by atoms with Gasteiger partial charge in [0.25, 0.3) is 0 Å². The van der Waals surface area contributed by atoms with Crippen LogP contribution in [0.25, 0.3) is 0 Å². The maximum Gasteiger partial charge on any atom is 0.584 e. The number of β-lactam (4-membered cyclic amide) rings is 1. The number of aliphatic hydroxyl groups is 1. The van der Waals surface area contributed by atoms with Crippen molar-refractivity contribution in [2.24, 2.45) is 0 Å². The number of carbonyl (C=O) groups is 2. The molecule has 9 nitrogen and oxygen atoms in total. The van der Waals surface area contributed by atoms with Gasteiger partial charge in [0.15, 0.2) is 6.29 Å². The molecular weight excluding hydrogens is 425 g/mol. The van der Waals surface area contributed by atoms with Crippen LogP contribution in [0.1, 0.15) is 19.8 Å². The molecule has 0 radical (unpaired) electrons. The lowest BCUT2D eigenvalue weighted by Gasteiger charge is -2.35. The summed E-state index contributed by atoms with van der Waals surface area (Å²) in [6.07, 6.45) is 1.75. The zero-order chi connectivity index (χ0) is 22.4. The first-order valence-corrected chi connectivity index (χ1v) is 11.0. The maximum absolute atomic E-state index is 11.7. The second-order valence-corrected chi connectivity index (χ2v) is 8.03. The van der Waals surface area contributed by atoms with E-state index >= 15 is 0 Å². The number of aliphatic hydroxyl groups excluding tert-OH is 1. The lowest BCUT2D eigenvalue weighted by molar-refractivity contribution is -0.165. The van der Waals surface area contributed by atoms with Crippen LogP contribution < -0.4 is 9.05 Å². The fourth-order valence-corrected chi connectivity index (χ4v) is 3.81. The van der Waals surface area contributed by atoms with Gasteiger partial charge >= 0.3 is 13.8 Å². The molecule has 2 N–H and O–H groups in total. The number of phosphoric acid groups is 1. The zero-order valence-electron chi connectivity index (χ0n) is 16.7. The fourth-order valence-electron chi connectivity index (χ4n) is 2.99. The molecule has 2 aliphatic heterocycles. The molecule has 4 rings (SSSR count). The van der Waals surface area contributed by atoms with Crippen LogP contribution >= 0.6 is 7.82 Å². The average molecular weight is 447 g/mol. The van der Waals surface area contributed by atoms with Gasteiger partial charge in [0.1, 0.15) is 17.2 Å². The number of phosphoric ester groups is 1. The van der Waals surface area contributed by atoms with E-state index in [0.717, 1.165) is 0 Å². The molecule has 0 aliphatic carbocycles. The number of carbonyl (C=O) groups excluding carboxylic acids is 2. The van der Waals surface area contributed by atoms with Crippen molar-refractivity contribution in [1.82, 2.24) is 4.90 Å². The van der Waals surface area contributed by atoms with Crippen LogP contribution in [0.5, 0.6) is 11.5 Å². The second kappa shape index (κ2) is 9.78. The van der Waals surface area contributed by atoms with Gasteiger partial charge in [-0.05, 0) is 37.6 Å². The number of esters is 1. The molecule has 0 spiro atoms. The number of nitrogens with zero attached hydrogens (tertiary/aromatic N) is 1. The summed E-state index contributed by atoms with van der Waals surface area (Å²) in [4.78, 5) is 33.4. The minimum absolute atomic E-state index is 0.0544. The Morgan fingerprint density at radius 3 is 2.03 bits per heavy atom. The smallest absolute Gasteiger partial charge is 0.432 e. The molecule has 1 unspecified atom stereocenters. The van der Waals surface area contributed by atoms with E-state index in [1.165, 1.54) is 11.8 Å². The first kappa shape index (κ1) is 22.6. The van der Waals surface area contributed by atoms with Crippen LogP contribution in [-0.4, -0.2) is 39.1 Å². The van der Waals surface area contributed by atoms with Crippen molar-refractivity contribution in [3.05, 3.63) is 72.4 Å². The van der Waals surface area contributed by atoms with E-state index in [1.807, 2.05) is 0 Å². The third kappa shape index (κ3) is 6.18. The van der Waals surface area contributed by atoms with Crippen molar-refractivity contribution >= 4 is 19.7 Å². The topological polar surface area (TPSA) is 123 Å². The highest BCUT2D eigenvalue weighted by molar-refractivity contribution is 7.48. The summed E-state index contributed by atoms with van der Waals surface area (Å²) in [5, 5.41) is 8.85. The summed E-state index contributed by atoms with van der Waals surface area (Å²) >= 11 is 0. The van der Waals surface area contributed by atoms with E-state index in [0.29, 0.717) is 12.8 Å². The average Bonchev–Trinajstić information content (AvgIpc) is 3.06. The number of fused-ring (bicyclic) bond motifs is 1. The van der Waals surface area contributed by atoms with Crippen LogP contribution in [0.3, 0.4) is 0 Å². The molecule has 164 valence electrons. The van der Waals surface area contributed by atoms with Crippen molar-refractivity contribution in [2.45, 2.75) is 32.1 Å². The number of ether oxygens (including phenoxy) is 1. The van der Waals surface area contributed by atoms with Crippen LogP contribution in [0.2, 0.25) is 0 Å². The van der Waals surface area contributed by atoms with Crippen molar-refractivity contribution in [3.8, 4) is 11.5 Å². The maximum atomic E-state index is 11.7. The van der Waals surface area contributed by atoms with Crippen molar-refractivity contribution < 1.29 is 37.9 Å². The monoisotopic (exact) mass is 447 g/mol. The van der Waals surface area contributed by atoms with Crippen molar-refractivity contribution in [1.29, 1.82) is 0 Å². The Balaban J connectivity index is 0.000000179. The highest BCUT2D eigenvalue weighted by atomic mass is 31.2. The Morgan fingerprint density at radius 2 is 1.58 bits per heavy atom. The molecule has 0 saturated carbocycles. The molecule has 1 saturated heterocycles. The molecule has 2 atom stereocenters. The Morgan fingerprint density at radius 1 is 1.06 bits per heavy atom. The zero-order valence-corrected chi connectivity index (χ0v) is 17.6. The third-order valence-corrected chi connectivity index (χ3v) is 5.18.